The molecule has 0 aliphatic carbocycles. The average Bonchev–Trinajstić information content (AvgIpc) is 3.25. The molecule has 12 heteroatoms. The van der Waals surface area contributed by atoms with Crippen molar-refractivity contribution in [3.63, 3.8) is 0 Å². The molecule has 2 N–H and O–H groups in total. The third kappa shape index (κ3) is 5.42. The summed E-state index contributed by atoms with van der Waals surface area (Å²) in [5.74, 6) is 0.282. The number of nitrogens with zero attached hydrogens (tertiary/aromatic N) is 6. The van der Waals surface area contributed by atoms with E-state index in [9.17, 15) is 18.8 Å². The number of aromatic amines is 1. The van der Waals surface area contributed by atoms with Gasteiger partial charge in [-0.2, -0.15) is 0 Å². The van der Waals surface area contributed by atoms with Gasteiger partial charge in [-0.25, -0.2) is 24.1 Å². The molecule has 0 unspecified atom stereocenters. The van der Waals surface area contributed by atoms with Gasteiger partial charge in [0.15, 0.2) is 5.82 Å². The standard InChI is InChI=1S/C23H25FN8O3/c1-3-9-30(20(33)14-31-12-15(2)22(34)29-23(31)35)10-8-25-18-6-7-26-21(28-18)17-11-27-19-5-4-16(24)13-32(17)19/h4-7,11-13H,3,8-10,14H2,1-2H3,(H,25,26,28)(H,29,34,35). The fourth-order valence-corrected chi connectivity index (χ4v) is 3.63. The lowest BCUT2D eigenvalue weighted by Gasteiger charge is -2.23. The van der Waals surface area contributed by atoms with Crippen molar-refractivity contribution in [2.75, 3.05) is 25.0 Å². The second kappa shape index (κ2) is 10.3. The van der Waals surface area contributed by atoms with E-state index < -0.39 is 17.1 Å². The predicted octanol–water partition coefficient (Wildman–Crippen LogP) is 1.44. The number of aromatic nitrogens is 6. The highest BCUT2D eigenvalue weighted by Gasteiger charge is 2.15. The minimum Gasteiger partial charge on any atom is -0.368 e. The summed E-state index contributed by atoms with van der Waals surface area (Å²) in [5.41, 5.74) is 0.395. The molecule has 0 bridgehead atoms. The van der Waals surface area contributed by atoms with Crippen LogP contribution < -0.4 is 16.6 Å². The van der Waals surface area contributed by atoms with E-state index in [2.05, 4.69) is 25.3 Å². The van der Waals surface area contributed by atoms with Crippen LogP contribution >= 0.6 is 0 Å². The number of carbonyl (C=O) groups excluding carboxylic acids is 1. The zero-order chi connectivity index (χ0) is 24.9. The Morgan fingerprint density at radius 2 is 2.00 bits per heavy atom. The number of aryl methyl sites for hydroxylation is 1. The Balaban J connectivity index is 1.42. The van der Waals surface area contributed by atoms with E-state index in [0.29, 0.717) is 48.2 Å². The molecule has 11 nitrogen and oxygen atoms in total. The normalized spacial score (nSPS) is 11.1. The van der Waals surface area contributed by atoms with Crippen LogP contribution in [0.25, 0.3) is 17.2 Å². The van der Waals surface area contributed by atoms with Gasteiger partial charge in [-0.1, -0.05) is 6.92 Å². The number of hydrogen-bond donors (Lipinski definition) is 2. The molecule has 0 spiro atoms. The van der Waals surface area contributed by atoms with Gasteiger partial charge in [-0.05, 0) is 31.5 Å². The van der Waals surface area contributed by atoms with E-state index in [-0.39, 0.29) is 12.5 Å². The molecular formula is C23H25FN8O3. The zero-order valence-electron chi connectivity index (χ0n) is 19.4. The van der Waals surface area contributed by atoms with Crippen LogP contribution in [0.5, 0.6) is 0 Å². The first kappa shape index (κ1) is 23.8. The summed E-state index contributed by atoms with van der Waals surface area (Å²) < 4.78 is 16.5. The Kier molecular flexibility index (Phi) is 6.99. The molecule has 0 aromatic carbocycles. The van der Waals surface area contributed by atoms with Gasteiger partial charge in [0.2, 0.25) is 5.91 Å². The van der Waals surface area contributed by atoms with Crippen LogP contribution in [0.3, 0.4) is 0 Å². The summed E-state index contributed by atoms with van der Waals surface area (Å²) in [6, 6.07) is 4.60. The number of carbonyl (C=O) groups is 1. The number of halogens is 1. The molecular weight excluding hydrogens is 455 g/mol. The number of hydrogen-bond acceptors (Lipinski definition) is 7. The van der Waals surface area contributed by atoms with Crippen LogP contribution in [-0.2, 0) is 11.3 Å². The maximum Gasteiger partial charge on any atom is 0.328 e. The second-order valence-corrected chi connectivity index (χ2v) is 7.99. The van der Waals surface area contributed by atoms with Crippen molar-refractivity contribution in [3.05, 3.63) is 75.2 Å². The SMILES string of the molecule is CCCN(CCNc1ccnc(-c2cnc3ccc(F)cn23)n1)C(=O)Cn1cc(C)c(=O)[nH]c1=O. The van der Waals surface area contributed by atoms with Gasteiger partial charge < -0.3 is 10.2 Å². The first-order chi connectivity index (χ1) is 16.9. The van der Waals surface area contributed by atoms with Crippen molar-refractivity contribution in [2.45, 2.75) is 26.8 Å². The quantitative estimate of drug-likeness (QED) is 0.371. The number of amides is 1. The molecule has 4 aromatic rings. The molecule has 35 heavy (non-hydrogen) atoms. The topological polar surface area (TPSA) is 130 Å². The number of H-pyrrole nitrogens is 1. The fourth-order valence-electron chi connectivity index (χ4n) is 3.63. The van der Waals surface area contributed by atoms with Gasteiger partial charge >= 0.3 is 5.69 Å². The van der Waals surface area contributed by atoms with Crippen LogP contribution in [0, 0.1) is 12.7 Å². The lowest BCUT2D eigenvalue weighted by Crippen LogP contribution is -2.41. The highest BCUT2D eigenvalue weighted by Crippen LogP contribution is 2.18. The monoisotopic (exact) mass is 480 g/mol. The first-order valence-corrected chi connectivity index (χ1v) is 11.1. The molecule has 4 rings (SSSR count). The summed E-state index contributed by atoms with van der Waals surface area (Å²) in [4.78, 5) is 53.3. The highest BCUT2D eigenvalue weighted by molar-refractivity contribution is 5.76. The lowest BCUT2D eigenvalue weighted by molar-refractivity contribution is -0.131. The summed E-state index contributed by atoms with van der Waals surface area (Å²) in [7, 11) is 0. The van der Waals surface area contributed by atoms with Crippen LogP contribution in [0.2, 0.25) is 0 Å². The van der Waals surface area contributed by atoms with Gasteiger partial charge in [0, 0.05) is 43.8 Å². The summed E-state index contributed by atoms with van der Waals surface area (Å²) in [6.45, 7) is 4.66. The number of rotatable bonds is 9. The molecule has 4 heterocycles. The minimum absolute atomic E-state index is 0.168. The first-order valence-electron chi connectivity index (χ1n) is 11.1. The molecule has 4 aromatic heterocycles. The van der Waals surface area contributed by atoms with E-state index in [1.807, 2.05) is 6.92 Å². The Morgan fingerprint density at radius 3 is 2.80 bits per heavy atom. The Morgan fingerprint density at radius 1 is 1.17 bits per heavy atom. The van der Waals surface area contributed by atoms with Crippen LogP contribution in [0.1, 0.15) is 18.9 Å². The smallest absolute Gasteiger partial charge is 0.328 e. The third-order valence-corrected chi connectivity index (χ3v) is 5.38. The third-order valence-electron chi connectivity index (χ3n) is 5.38. The molecule has 0 fully saturated rings. The van der Waals surface area contributed by atoms with Gasteiger partial charge in [0.25, 0.3) is 5.56 Å². The molecule has 0 atom stereocenters. The van der Waals surface area contributed by atoms with Crippen LogP contribution in [-0.4, -0.2) is 59.3 Å². The number of pyridine rings is 1. The van der Waals surface area contributed by atoms with Crippen LogP contribution in [0.15, 0.2) is 52.6 Å². The molecule has 0 saturated carbocycles. The molecule has 0 radical (unpaired) electrons. The molecule has 0 saturated heterocycles. The summed E-state index contributed by atoms with van der Waals surface area (Å²) in [6.07, 6.45) is 6.62. The Labute approximate surface area is 199 Å². The van der Waals surface area contributed by atoms with E-state index >= 15 is 0 Å². The Hall–Kier alpha value is -4.35. The zero-order valence-corrected chi connectivity index (χ0v) is 19.4. The fraction of sp³-hybridized carbons (Fsp3) is 0.304. The maximum absolute atomic E-state index is 13.7. The molecule has 1 amide bonds. The van der Waals surface area contributed by atoms with Gasteiger partial charge in [0.05, 0.1) is 6.20 Å². The van der Waals surface area contributed by atoms with E-state index in [1.54, 1.807) is 40.8 Å². The Bertz CT molecular complexity index is 1480. The highest BCUT2D eigenvalue weighted by atomic mass is 19.1. The van der Waals surface area contributed by atoms with E-state index in [0.717, 1.165) is 6.42 Å². The van der Waals surface area contributed by atoms with Crippen molar-refractivity contribution >= 4 is 17.4 Å². The number of anilines is 1. The molecule has 182 valence electrons. The lowest BCUT2D eigenvalue weighted by atomic mass is 10.3. The minimum atomic E-state index is -0.621. The van der Waals surface area contributed by atoms with E-state index in [1.165, 1.54) is 23.0 Å². The van der Waals surface area contributed by atoms with Gasteiger partial charge in [0.1, 0.15) is 29.5 Å². The number of imidazole rings is 1. The van der Waals surface area contributed by atoms with Crippen molar-refractivity contribution in [1.82, 2.24) is 33.8 Å². The second-order valence-electron chi connectivity index (χ2n) is 7.99. The van der Waals surface area contributed by atoms with Crippen molar-refractivity contribution in [1.29, 1.82) is 0 Å². The number of nitrogens with one attached hydrogen (secondary N) is 2. The summed E-state index contributed by atoms with van der Waals surface area (Å²) in [5, 5.41) is 3.18. The largest absolute Gasteiger partial charge is 0.368 e. The molecule has 0 aliphatic rings. The van der Waals surface area contributed by atoms with Crippen molar-refractivity contribution < 1.29 is 9.18 Å². The van der Waals surface area contributed by atoms with E-state index in [4.69, 9.17) is 0 Å². The summed E-state index contributed by atoms with van der Waals surface area (Å²) >= 11 is 0. The maximum atomic E-state index is 13.7. The van der Waals surface area contributed by atoms with Crippen molar-refractivity contribution in [2.24, 2.45) is 0 Å². The van der Waals surface area contributed by atoms with Crippen molar-refractivity contribution in [3.8, 4) is 11.5 Å². The van der Waals surface area contributed by atoms with Crippen LogP contribution in [0.4, 0.5) is 10.2 Å². The average molecular weight is 481 g/mol. The molecule has 0 aliphatic heterocycles. The van der Waals surface area contributed by atoms with Gasteiger partial charge in [-0.3, -0.25) is 23.5 Å². The predicted molar refractivity (Wildman–Crippen MR) is 128 cm³/mol. The number of fused-ring (bicyclic) bond motifs is 1. The van der Waals surface area contributed by atoms with Gasteiger partial charge in [-0.15, -0.1) is 0 Å².